The number of aryl methyl sites for hydroxylation is 1. The van der Waals surface area contributed by atoms with E-state index in [0.717, 1.165) is 23.7 Å². The molecular weight excluding hydrogens is 286 g/mol. The Morgan fingerprint density at radius 2 is 2.38 bits per heavy atom. The third-order valence-electron chi connectivity index (χ3n) is 2.86. The van der Waals surface area contributed by atoms with Gasteiger partial charge in [0.05, 0.1) is 5.39 Å². The van der Waals surface area contributed by atoms with Crippen LogP contribution in [0.4, 0.5) is 5.82 Å². The number of halogens is 1. The molecule has 1 aliphatic rings. The first kappa shape index (κ1) is 10.5. The minimum absolute atomic E-state index is 0.595. The first-order valence-corrected chi connectivity index (χ1v) is 7.07. The van der Waals surface area contributed by atoms with E-state index in [-0.39, 0.29) is 0 Å². The van der Waals surface area contributed by atoms with Crippen molar-refractivity contribution >= 4 is 43.3 Å². The molecule has 1 atom stereocenters. The highest BCUT2D eigenvalue weighted by atomic mass is 79.9. The summed E-state index contributed by atoms with van der Waals surface area (Å²) in [6.45, 7) is 4.24. The number of aromatic nitrogens is 2. The molecule has 16 heavy (non-hydrogen) atoms. The van der Waals surface area contributed by atoms with E-state index >= 15 is 0 Å². The molecule has 3 nitrogen and oxygen atoms in total. The molecule has 0 aliphatic carbocycles. The van der Waals surface area contributed by atoms with Crippen molar-refractivity contribution in [2.24, 2.45) is 0 Å². The second kappa shape index (κ2) is 3.96. The molecule has 0 saturated carbocycles. The van der Waals surface area contributed by atoms with Gasteiger partial charge in [-0.15, -0.1) is 11.3 Å². The summed E-state index contributed by atoms with van der Waals surface area (Å²) in [7, 11) is 0. The lowest BCUT2D eigenvalue weighted by molar-refractivity contribution is 0.941. The van der Waals surface area contributed by atoms with E-state index in [9.17, 15) is 0 Å². The van der Waals surface area contributed by atoms with E-state index in [1.807, 2.05) is 0 Å². The van der Waals surface area contributed by atoms with E-state index in [0.29, 0.717) is 4.83 Å². The topological polar surface area (TPSA) is 29.0 Å². The Labute approximate surface area is 107 Å². The molecule has 3 heterocycles. The van der Waals surface area contributed by atoms with Crippen molar-refractivity contribution in [3.8, 4) is 0 Å². The third-order valence-corrected chi connectivity index (χ3v) is 4.57. The highest BCUT2D eigenvalue weighted by molar-refractivity contribution is 9.09. The number of alkyl halides is 1. The zero-order valence-corrected chi connectivity index (χ0v) is 11.4. The van der Waals surface area contributed by atoms with Gasteiger partial charge >= 0.3 is 0 Å². The molecule has 1 fully saturated rings. The van der Waals surface area contributed by atoms with E-state index in [1.165, 1.54) is 16.7 Å². The number of rotatable bonds is 1. The van der Waals surface area contributed by atoms with Crippen LogP contribution >= 0.6 is 27.3 Å². The van der Waals surface area contributed by atoms with Gasteiger partial charge in [-0.25, -0.2) is 9.97 Å². The van der Waals surface area contributed by atoms with Gasteiger partial charge in [0.2, 0.25) is 0 Å². The van der Waals surface area contributed by atoms with Crippen LogP contribution in [0.15, 0.2) is 12.4 Å². The number of thiophene rings is 1. The summed E-state index contributed by atoms with van der Waals surface area (Å²) in [5.74, 6) is 1.09. The summed E-state index contributed by atoms with van der Waals surface area (Å²) in [5.41, 5.74) is 0. The van der Waals surface area contributed by atoms with Gasteiger partial charge in [0.1, 0.15) is 17.0 Å². The Bertz CT molecular complexity index is 525. The monoisotopic (exact) mass is 297 g/mol. The first-order valence-electron chi connectivity index (χ1n) is 5.34. The van der Waals surface area contributed by atoms with Gasteiger partial charge in [0.25, 0.3) is 0 Å². The summed E-state index contributed by atoms with van der Waals surface area (Å²) in [6, 6.07) is 2.19. The predicted octanol–water partition coefficient (Wildman–Crippen LogP) is 2.97. The number of anilines is 1. The van der Waals surface area contributed by atoms with E-state index < -0.39 is 0 Å². The average Bonchev–Trinajstić information content (AvgIpc) is 2.82. The van der Waals surface area contributed by atoms with Gasteiger partial charge in [-0.3, -0.25) is 0 Å². The van der Waals surface area contributed by atoms with Crippen molar-refractivity contribution in [3.63, 3.8) is 0 Å². The molecule has 84 valence electrons. The molecule has 0 bridgehead atoms. The van der Waals surface area contributed by atoms with E-state index in [1.54, 1.807) is 17.7 Å². The molecule has 0 amide bonds. The first-order chi connectivity index (χ1) is 7.74. The quantitative estimate of drug-likeness (QED) is 0.758. The van der Waals surface area contributed by atoms with Gasteiger partial charge < -0.3 is 4.90 Å². The second-order valence-corrected chi connectivity index (χ2v) is 6.63. The summed E-state index contributed by atoms with van der Waals surface area (Å²) in [4.78, 5) is 14.1. The Morgan fingerprint density at radius 3 is 3.12 bits per heavy atom. The number of hydrogen-bond acceptors (Lipinski definition) is 4. The molecule has 2 aromatic rings. The lowest BCUT2D eigenvalue weighted by Crippen LogP contribution is -2.20. The van der Waals surface area contributed by atoms with Crippen molar-refractivity contribution in [2.75, 3.05) is 18.0 Å². The van der Waals surface area contributed by atoms with Crippen molar-refractivity contribution in [3.05, 3.63) is 17.3 Å². The van der Waals surface area contributed by atoms with Gasteiger partial charge in [0.15, 0.2) is 0 Å². The van der Waals surface area contributed by atoms with Crippen LogP contribution in [-0.4, -0.2) is 27.9 Å². The fraction of sp³-hybridized carbons (Fsp3) is 0.455. The van der Waals surface area contributed by atoms with Crippen molar-refractivity contribution in [2.45, 2.75) is 18.2 Å². The van der Waals surface area contributed by atoms with Crippen molar-refractivity contribution < 1.29 is 0 Å². The lowest BCUT2D eigenvalue weighted by atomic mass is 10.3. The minimum Gasteiger partial charge on any atom is -0.355 e. The summed E-state index contributed by atoms with van der Waals surface area (Å²) in [6.07, 6.45) is 2.86. The smallest absolute Gasteiger partial charge is 0.140 e. The van der Waals surface area contributed by atoms with Gasteiger partial charge in [-0.05, 0) is 19.4 Å². The zero-order chi connectivity index (χ0) is 11.1. The largest absolute Gasteiger partial charge is 0.355 e. The number of nitrogens with zero attached hydrogens (tertiary/aromatic N) is 3. The Balaban J connectivity index is 2.09. The molecule has 0 N–H and O–H groups in total. The molecule has 1 unspecified atom stereocenters. The fourth-order valence-electron chi connectivity index (χ4n) is 2.13. The highest BCUT2D eigenvalue weighted by Gasteiger charge is 2.23. The zero-order valence-electron chi connectivity index (χ0n) is 8.98. The molecule has 3 rings (SSSR count). The average molecular weight is 298 g/mol. The van der Waals surface area contributed by atoms with Crippen LogP contribution in [0.5, 0.6) is 0 Å². The Kier molecular flexibility index (Phi) is 2.59. The van der Waals surface area contributed by atoms with Crippen LogP contribution in [0.25, 0.3) is 10.2 Å². The van der Waals surface area contributed by atoms with E-state index in [4.69, 9.17) is 0 Å². The van der Waals surface area contributed by atoms with Gasteiger partial charge in [-0.2, -0.15) is 0 Å². The molecule has 2 aromatic heterocycles. The minimum atomic E-state index is 0.595. The van der Waals surface area contributed by atoms with Crippen LogP contribution in [0, 0.1) is 6.92 Å². The van der Waals surface area contributed by atoms with Gasteiger partial charge in [0, 0.05) is 22.8 Å². The maximum atomic E-state index is 4.44. The maximum absolute atomic E-state index is 4.44. The van der Waals surface area contributed by atoms with Crippen molar-refractivity contribution in [1.82, 2.24) is 9.97 Å². The molecule has 0 radical (unpaired) electrons. The molecule has 0 aromatic carbocycles. The number of hydrogen-bond donors (Lipinski definition) is 0. The third kappa shape index (κ3) is 1.72. The Morgan fingerprint density at radius 1 is 1.50 bits per heavy atom. The molecule has 1 saturated heterocycles. The van der Waals surface area contributed by atoms with Crippen LogP contribution in [0.2, 0.25) is 0 Å². The van der Waals surface area contributed by atoms with Crippen LogP contribution in [0.1, 0.15) is 11.3 Å². The predicted molar refractivity (Wildman–Crippen MR) is 71.7 cm³/mol. The van der Waals surface area contributed by atoms with Crippen molar-refractivity contribution in [1.29, 1.82) is 0 Å². The van der Waals surface area contributed by atoms with Crippen LogP contribution in [0.3, 0.4) is 0 Å². The van der Waals surface area contributed by atoms with E-state index in [2.05, 4.69) is 43.8 Å². The summed E-state index contributed by atoms with van der Waals surface area (Å²) in [5, 5.41) is 1.20. The Hall–Kier alpha value is -0.680. The number of fused-ring (bicyclic) bond motifs is 1. The summed E-state index contributed by atoms with van der Waals surface area (Å²) >= 11 is 5.40. The standard InChI is InChI=1S/C11H12BrN3S/c1-7-4-9-10(13-6-14-11(9)16-7)15-3-2-8(12)5-15/h4,6,8H,2-3,5H2,1H3. The lowest BCUT2D eigenvalue weighted by Gasteiger charge is -2.16. The van der Waals surface area contributed by atoms with Crippen LogP contribution in [-0.2, 0) is 0 Å². The SMILES string of the molecule is Cc1cc2c(N3CCC(Br)C3)ncnc2s1. The van der Waals surface area contributed by atoms with Gasteiger partial charge in [-0.1, -0.05) is 15.9 Å². The van der Waals surface area contributed by atoms with Crippen LogP contribution < -0.4 is 4.90 Å². The molecular formula is C11H12BrN3S. The highest BCUT2D eigenvalue weighted by Crippen LogP contribution is 2.32. The second-order valence-electron chi connectivity index (χ2n) is 4.11. The molecule has 5 heteroatoms. The normalized spacial score (nSPS) is 20.9. The molecule has 1 aliphatic heterocycles. The maximum Gasteiger partial charge on any atom is 0.140 e. The fourth-order valence-corrected chi connectivity index (χ4v) is 3.52. The summed E-state index contributed by atoms with van der Waals surface area (Å²) < 4.78 is 0. The molecule has 0 spiro atoms.